The largest absolute Gasteiger partial charge is 0.457 e. The van der Waals surface area contributed by atoms with Gasteiger partial charge in [-0.3, -0.25) is 10.1 Å². The highest BCUT2D eigenvalue weighted by Gasteiger charge is 2.23. The Bertz CT molecular complexity index is 1600. The SMILES string of the molecule is CSc1cc(Oc2ccnc3c2CCC(=O)N3)ccc1NC(=O)Nc1cc(C(C)(C)C)nn1-c1cccc(F)c1. The van der Waals surface area contributed by atoms with Gasteiger partial charge < -0.3 is 15.4 Å². The van der Waals surface area contributed by atoms with E-state index in [1.54, 1.807) is 42.6 Å². The van der Waals surface area contributed by atoms with Crippen LogP contribution in [0.4, 0.5) is 26.5 Å². The lowest BCUT2D eigenvalue weighted by atomic mass is 9.92. The van der Waals surface area contributed by atoms with Crippen LogP contribution >= 0.6 is 11.8 Å². The Morgan fingerprint density at radius 1 is 1.10 bits per heavy atom. The van der Waals surface area contributed by atoms with Gasteiger partial charge in [-0.05, 0) is 55.1 Å². The van der Waals surface area contributed by atoms with Crippen LogP contribution in [0.15, 0.2) is 65.7 Å². The number of carbonyl (C=O) groups excluding carboxylic acids is 2. The third-order valence-electron chi connectivity index (χ3n) is 6.29. The van der Waals surface area contributed by atoms with Crippen molar-refractivity contribution < 1.29 is 18.7 Å². The Kier molecular flexibility index (Phi) is 7.49. The van der Waals surface area contributed by atoms with Gasteiger partial charge in [-0.1, -0.05) is 26.8 Å². The number of pyridine rings is 1. The summed E-state index contributed by atoms with van der Waals surface area (Å²) in [5.41, 5.74) is 2.40. The molecule has 3 amide bonds. The molecule has 0 aliphatic carbocycles. The lowest BCUT2D eigenvalue weighted by Crippen LogP contribution is -2.21. The molecule has 5 rings (SSSR count). The molecule has 206 valence electrons. The van der Waals surface area contributed by atoms with E-state index in [0.717, 1.165) is 16.2 Å². The average Bonchev–Trinajstić information content (AvgIpc) is 3.34. The fourth-order valence-corrected chi connectivity index (χ4v) is 4.80. The topological polar surface area (TPSA) is 110 Å². The van der Waals surface area contributed by atoms with Crippen LogP contribution in [0.3, 0.4) is 0 Å². The summed E-state index contributed by atoms with van der Waals surface area (Å²) < 4.78 is 21.6. The molecule has 3 heterocycles. The smallest absolute Gasteiger partial charge is 0.324 e. The molecular weight excluding hydrogens is 531 g/mol. The molecule has 0 fully saturated rings. The minimum absolute atomic E-state index is 0.0656. The van der Waals surface area contributed by atoms with Crippen molar-refractivity contribution in [2.75, 3.05) is 22.2 Å². The van der Waals surface area contributed by atoms with Crippen molar-refractivity contribution in [3.8, 4) is 17.2 Å². The summed E-state index contributed by atoms with van der Waals surface area (Å²) in [6, 6.07) is 14.5. The Hall–Kier alpha value is -4.38. The highest BCUT2D eigenvalue weighted by Crippen LogP contribution is 2.36. The zero-order valence-corrected chi connectivity index (χ0v) is 23.4. The molecule has 11 heteroatoms. The molecule has 0 radical (unpaired) electrons. The van der Waals surface area contributed by atoms with Gasteiger partial charge in [-0.15, -0.1) is 11.8 Å². The molecular formula is C29H29FN6O3S. The van der Waals surface area contributed by atoms with Crippen LogP contribution < -0.4 is 20.7 Å². The number of aromatic nitrogens is 3. The molecule has 4 aromatic rings. The Morgan fingerprint density at radius 2 is 1.93 bits per heavy atom. The third kappa shape index (κ3) is 5.94. The zero-order valence-electron chi connectivity index (χ0n) is 22.5. The third-order valence-corrected chi connectivity index (χ3v) is 7.07. The molecule has 0 unspecified atom stereocenters. The maximum atomic E-state index is 14.0. The van der Waals surface area contributed by atoms with E-state index in [4.69, 9.17) is 4.74 Å². The first-order valence-electron chi connectivity index (χ1n) is 12.7. The summed E-state index contributed by atoms with van der Waals surface area (Å²) >= 11 is 1.46. The molecule has 0 saturated carbocycles. The highest BCUT2D eigenvalue weighted by molar-refractivity contribution is 7.98. The molecule has 0 bridgehead atoms. The second kappa shape index (κ2) is 11.0. The van der Waals surface area contributed by atoms with Gasteiger partial charge in [0.2, 0.25) is 5.91 Å². The molecule has 2 aromatic heterocycles. The van der Waals surface area contributed by atoms with Gasteiger partial charge in [-0.2, -0.15) is 5.10 Å². The summed E-state index contributed by atoms with van der Waals surface area (Å²) in [5.74, 6) is 1.67. The van der Waals surface area contributed by atoms with E-state index in [-0.39, 0.29) is 11.3 Å². The van der Waals surface area contributed by atoms with Gasteiger partial charge in [-0.25, -0.2) is 18.9 Å². The first-order chi connectivity index (χ1) is 19.1. The standard InChI is InChI=1S/C29H29FN6O3S/c1-29(2,3)24-16-25(36(35-24)18-7-5-6-17(30)14-18)33-28(38)32-21-10-8-19(15-23(21)40-4)39-22-12-13-31-27-20(22)9-11-26(37)34-27/h5-8,10,12-16H,9,11H2,1-4H3,(H,31,34,37)(H2,32,33,38). The molecule has 3 N–H and O–H groups in total. The maximum Gasteiger partial charge on any atom is 0.324 e. The highest BCUT2D eigenvalue weighted by atomic mass is 32.2. The lowest BCUT2D eigenvalue weighted by Gasteiger charge is -2.19. The molecule has 2 aromatic carbocycles. The number of urea groups is 1. The van der Waals surface area contributed by atoms with Gasteiger partial charge in [0.25, 0.3) is 0 Å². The van der Waals surface area contributed by atoms with Crippen LogP contribution in [-0.4, -0.2) is 33.0 Å². The normalized spacial score (nSPS) is 12.9. The number of halogens is 1. The van der Waals surface area contributed by atoms with E-state index in [2.05, 4.69) is 26.0 Å². The van der Waals surface area contributed by atoms with E-state index < -0.39 is 11.8 Å². The van der Waals surface area contributed by atoms with E-state index >= 15 is 0 Å². The van der Waals surface area contributed by atoms with Crippen LogP contribution in [-0.2, 0) is 16.6 Å². The number of rotatable bonds is 6. The van der Waals surface area contributed by atoms with E-state index in [0.29, 0.717) is 47.4 Å². The van der Waals surface area contributed by atoms with Crippen molar-refractivity contribution in [1.29, 1.82) is 0 Å². The van der Waals surface area contributed by atoms with E-state index in [1.807, 2.05) is 33.1 Å². The summed E-state index contributed by atoms with van der Waals surface area (Å²) in [5, 5.41) is 13.2. The maximum absolute atomic E-state index is 14.0. The van der Waals surface area contributed by atoms with Gasteiger partial charge in [0.1, 0.15) is 29.0 Å². The van der Waals surface area contributed by atoms with E-state index in [1.165, 1.54) is 28.6 Å². The number of hydrogen-bond acceptors (Lipinski definition) is 6. The van der Waals surface area contributed by atoms with Crippen molar-refractivity contribution in [1.82, 2.24) is 14.8 Å². The number of nitrogens with one attached hydrogen (secondary N) is 3. The number of anilines is 3. The summed E-state index contributed by atoms with van der Waals surface area (Å²) in [6.07, 6.45) is 4.41. The van der Waals surface area contributed by atoms with Crippen LogP contribution in [0.2, 0.25) is 0 Å². The number of carbonyl (C=O) groups is 2. The Balaban J connectivity index is 1.35. The van der Waals surface area contributed by atoms with Gasteiger partial charge in [0.05, 0.1) is 17.1 Å². The monoisotopic (exact) mass is 560 g/mol. The predicted octanol–water partition coefficient (Wildman–Crippen LogP) is 6.75. The van der Waals surface area contributed by atoms with Crippen molar-refractivity contribution in [2.45, 2.75) is 43.9 Å². The van der Waals surface area contributed by atoms with Crippen LogP contribution in [0.25, 0.3) is 5.69 Å². The second-order valence-electron chi connectivity index (χ2n) is 10.3. The lowest BCUT2D eigenvalue weighted by molar-refractivity contribution is -0.116. The van der Waals surface area contributed by atoms with Crippen molar-refractivity contribution in [2.24, 2.45) is 0 Å². The van der Waals surface area contributed by atoms with Gasteiger partial charge in [0.15, 0.2) is 0 Å². The number of hydrogen-bond donors (Lipinski definition) is 3. The van der Waals surface area contributed by atoms with Crippen LogP contribution in [0, 0.1) is 5.82 Å². The molecule has 9 nitrogen and oxygen atoms in total. The fraction of sp³-hybridized carbons (Fsp3) is 0.241. The van der Waals surface area contributed by atoms with Crippen molar-refractivity contribution in [3.05, 3.63) is 77.9 Å². The van der Waals surface area contributed by atoms with Crippen LogP contribution in [0.5, 0.6) is 11.5 Å². The summed E-state index contributed by atoms with van der Waals surface area (Å²) in [6.45, 7) is 6.05. The quantitative estimate of drug-likeness (QED) is 0.225. The molecule has 0 spiro atoms. The average molecular weight is 561 g/mol. The molecule has 0 saturated heterocycles. The number of ether oxygens (including phenoxy) is 1. The number of thioether (sulfide) groups is 1. The van der Waals surface area contributed by atoms with Gasteiger partial charge in [0, 0.05) is 34.6 Å². The first-order valence-corrected chi connectivity index (χ1v) is 13.9. The zero-order chi connectivity index (χ0) is 28.4. The number of nitrogens with zero attached hydrogens (tertiary/aromatic N) is 3. The molecule has 1 aliphatic rings. The molecule has 40 heavy (non-hydrogen) atoms. The minimum Gasteiger partial charge on any atom is -0.457 e. The van der Waals surface area contributed by atoms with E-state index in [9.17, 15) is 14.0 Å². The molecule has 1 aliphatic heterocycles. The summed E-state index contributed by atoms with van der Waals surface area (Å²) in [7, 11) is 0. The first kappa shape index (κ1) is 27.2. The number of benzene rings is 2. The van der Waals surface area contributed by atoms with Gasteiger partial charge >= 0.3 is 6.03 Å². The number of fused-ring (bicyclic) bond motifs is 1. The Morgan fingerprint density at radius 3 is 2.67 bits per heavy atom. The van der Waals surface area contributed by atoms with Crippen molar-refractivity contribution >= 4 is 41.0 Å². The molecule has 0 atom stereocenters. The Labute approximate surface area is 235 Å². The predicted molar refractivity (Wildman–Crippen MR) is 154 cm³/mol. The van der Waals surface area contributed by atoms with Crippen molar-refractivity contribution in [3.63, 3.8) is 0 Å². The fourth-order valence-electron chi connectivity index (χ4n) is 4.23. The summed E-state index contributed by atoms with van der Waals surface area (Å²) in [4.78, 5) is 29.8. The number of amides is 3. The second-order valence-corrected chi connectivity index (χ2v) is 11.1. The minimum atomic E-state index is -0.471. The van der Waals surface area contributed by atoms with Crippen LogP contribution in [0.1, 0.15) is 38.4 Å².